The molecule has 2 aromatic rings. The molecule has 1 amide bonds. The molecule has 0 bridgehead atoms. The number of hydrogen-bond donors (Lipinski definition) is 1. The maximum Gasteiger partial charge on any atom is 0.269 e. The summed E-state index contributed by atoms with van der Waals surface area (Å²) in [6, 6.07) is 9.54. The topological polar surface area (TPSA) is 80.0 Å². The van der Waals surface area contributed by atoms with Gasteiger partial charge in [-0.05, 0) is 24.3 Å². The van der Waals surface area contributed by atoms with Crippen molar-refractivity contribution in [3.05, 3.63) is 54.2 Å². The van der Waals surface area contributed by atoms with E-state index in [9.17, 15) is 4.79 Å². The summed E-state index contributed by atoms with van der Waals surface area (Å²) in [4.78, 5) is 24.6. The smallest absolute Gasteiger partial charge is 0.269 e. The molecular formula is C18H20N4O3. The third-order valence-electron chi connectivity index (χ3n) is 4.61. The lowest BCUT2D eigenvalue weighted by Gasteiger charge is -2.21. The zero-order valence-corrected chi connectivity index (χ0v) is 13.9. The number of aromatic nitrogens is 1. The molecule has 25 heavy (non-hydrogen) atoms. The summed E-state index contributed by atoms with van der Waals surface area (Å²) in [7, 11) is 0. The largest absolute Gasteiger partial charge is 0.467 e. The predicted molar refractivity (Wildman–Crippen MR) is 90.6 cm³/mol. The number of pyridine rings is 1. The Balaban J connectivity index is 1.30. The molecule has 4 rings (SSSR count). The number of furan rings is 1. The van der Waals surface area contributed by atoms with Crippen molar-refractivity contribution in [2.45, 2.75) is 31.5 Å². The van der Waals surface area contributed by atoms with Crippen LogP contribution in [0.3, 0.4) is 0 Å². The second kappa shape index (κ2) is 6.68. The van der Waals surface area contributed by atoms with Gasteiger partial charge in [-0.15, -0.1) is 0 Å². The zero-order valence-electron chi connectivity index (χ0n) is 13.9. The quantitative estimate of drug-likeness (QED) is 0.896. The first-order chi connectivity index (χ1) is 12.2. The van der Waals surface area contributed by atoms with Crippen LogP contribution in [0.5, 0.6) is 0 Å². The van der Waals surface area contributed by atoms with E-state index in [-0.39, 0.29) is 11.5 Å². The van der Waals surface area contributed by atoms with Gasteiger partial charge in [-0.25, -0.2) is 0 Å². The van der Waals surface area contributed by atoms with Crippen LogP contribution in [-0.4, -0.2) is 40.2 Å². The highest BCUT2D eigenvalue weighted by atomic mass is 16.7. The molecule has 0 radical (unpaired) electrons. The molecule has 1 spiro atoms. The first kappa shape index (κ1) is 15.8. The maximum absolute atomic E-state index is 12.3. The molecule has 2 aromatic heterocycles. The fraction of sp³-hybridized carbons (Fsp3) is 0.389. The van der Waals surface area contributed by atoms with Crippen LogP contribution in [-0.2, 0) is 22.7 Å². The first-order valence-electron chi connectivity index (χ1n) is 8.40. The average molecular weight is 340 g/mol. The van der Waals surface area contributed by atoms with E-state index in [0.29, 0.717) is 24.4 Å². The molecule has 1 atom stereocenters. The summed E-state index contributed by atoms with van der Waals surface area (Å²) in [5, 5.41) is 6.86. The summed E-state index contributed by atoms with van der Waals surface area (Å²) >= 11 is 0. The van der Waals surface area contributed by atoms with E-state index in [4.69, 9.17) is 9.25 Å². The van der Waals surface area contributed by atoms with Gasteiger partial charge in [-0.1, -0.05) is 11.2 Å². The summed E-state index contributed by atoms with van der Waals surface area (Å²) in [5.41, 5.74) is 1.10. The maximum atomic E-state index is 12.3. The van der Waals surface area contributed by atoms with Gasteiger partial charge in [0.25, 0.3) is 5.91 Å². The molecule has 0 aromatic carbocycles. The number of nitrogens with one attached hydrogen (secondary N) is 1. The lowest BCUT2D eigenvalue weighted by Crippen LogP contribution is -2.36. The van der Waals surface area contributed by atoms with E-state index < -0.39 is 0 Å². The van der Waals surface area contributed by atoms with E-state index in [1.165, 1.54) is 0 Å². The molecular weight excluding hydrogens is 320 g/mol. The minimum Gasteiger partial charge on any atom is -0.467 e. The second-order valence-electron chi connectivity index (χ2n) is 6.53. The van der Waals surface area contributed by atoms with Crippen molar-refractivity contribution < 1.29 is 14.0 Å². The molecule has 1 fully saturated rings. The Morgan fingerprint density at radius 3 is 3.08 bits per heavy atom. The van der Waals surface area contributed by atoms with Crippen LogP contribution in [0, 0.1) is 0 Å². The highest BCUT2D eigenvalue weighted by Gasteiger charge is 2.46. The van der Waals surface area contributed by atoms with Gasteiger partial charge in [0.05, 0.1) is 18.5 Å². The van der Waals surface area contributed by atoms with E-state index in [1.807, 2.05) is 24.3 Å². The monoisotopic (exact) mass is 340 g/mol. The van der Waals surface area contributed by atoms with Crippen molar-refractivity contribution in [2.75, 3.05) is 13.1 Å². The molecule has 0 saturated carbocycles. The van der Waals surface area contributed by atoms with Gasteiger partial charge < -0.3 is 14.6 Å². The molecule has 0 aliphatic carbocycles. The van der Waals surface area contributed by atoms with Crippen molar-refractivity contribution in [2.24, 2.45) is 5.16 Å². The second-order valence-corrected chi connectivity index (χ2v) is 6.53. The van der Waals surface area contributed by atoms with Crippen LogP contribution < -0.4 is 5.32 Å². The molecule has 1 N–H and O–H groups in total. The lowest BCUT2D eigenvalue weighted by molar-refractivity contribution is -0.115. The molecule has 7 nitrogen and oxygen atoms in total. The summed E-state index contributed by atoms with van der Waals surface area (Å²) in [6.45, 7) is 2.80. The standard InChI is InChI=1S/C18H20N4O3/c23-17(20-11-15-5-3-9-24-15)16-10-18(25-21-16)6-8-22(13-18)12-14-4-1-2-7-19-14/h1-5,7,9H,6,8,10-13H2,(H,20,23)/t18-/m0/s1. The van der Waals surface area contributed by atoms with Crippen molar-refractivity contribution in [3.63, 3.8) is 0 Å². The number of likely N-dealkylation sites (tertiary alicyclic amines) is 1. The van der Waals surface area contributed by atoms with Crippen LogP contribution in [0.1, 0.15) is 24.3 Å². The van der Waals surface area contributed by atoms with Crippen molar-refractivity contribution in [1.29, 1.82) is 0 Å². The first-order valence-corrected chi connectivity index (χ1v) is 8.40. The number of nitrogens with zero attached hydrogens (tertiary/aromatic N) is 3. The number of rotatable bonds is 5. The van der Waals surface area contributed by atoms with Crippen LogP contribution in [0.4, 0.5) is 0 Å². The molecule has 130 valence electrons. The normalized spacial score (nSPS) is 22.8. The highest BCUT2D eigenvalue weighted by molar-refractivity contribution is 6.39. The van der Waals surface area contributed by atoms with Crippen LogP contribution in [0.15, 0.2) is 52.4 Å². The van der Waals surface area contributed by atoms with Gasteiger partial charge >= 0.3 is 0 Å². The Morgan fingerprint density at radius 1 is 1.32 bits per heavy atom. The third kappa shape index (κ3) is 3.56. The molecule has 1 saturated heterocycles. The van der Waals surface area contributed by atoms with E-state index >= 15 is 0 Å². The predicted octanol–water partition coefficient (Wildman–Crippen LogP) is 1.71. The molecule has 2 aliphatic heterocycles. The van der Waals surface area contributed by atoms with Gasteiger partial charge in [0.15, 0.2) is 5.60 Å². The Kier molecular flexibility index (Phi) is 4.23. The minimum absolute atomic E-state index is 0.198. The lowest BCUT2D eigenvalue weighted by atomic mass is 9.96. The van der Waals surface area contributed by atoms with Gasteiger partial charge in [0, 0.05) is 38.7 Å². The fourth-order valence-corrected chi connectivity index (χ4v) is 3.33. The minimum atomic E-state index is -0.383. The van der Waals surface area contributed by atoms with Crippen LogP contribution in [0.25, 0.3) is 0 Å². The van der Waals surface area contributed by atoms with E-state index in [1.54, 1.807) is 18.5 Å². The third-order valence-corrected chi connectivity index (χ3v) is 4.61. The van der Waals surface area contributed by atoms with Crippen molar-refractivity contribution >= 4 is 11.6 Å². The highest BCUT2D eigenvalue weighted by Crippen LogP contribution is 2.34. The van der Waals surface area contributed by atoms with Gasteiger partial charge in [0.2, 0.25) is 0 Å². The SMILES string of the molecule is O=C(NCc1ccco1)C1=NO[C@@]2(CCN(Cc3ccccn3)C2)C1. The Hall–Kier alpha value is -2.67. The number of amides is 1. The van der Waals surface area contributed by atoms with Crippen LogP contribution in [0.2, 0.25) is 0 Å². The van der Waals surface area contributed by atoms with Gasteiger partial charge in [-0.2, -0.15) is 0 Å². The van der Waals surface area contributed by atoms with Crippen molar-refractivity contribution in [1.82, 2.24) is 15.2 Å². The fourth-order valence-electron chi connectivity index (χ4n) is 3.33. The zero-order chi connectivity index (χ0) is 17.1. The summed E-state index contributed by atoms with van der Waals surface area (Å²) < 4.78 is 5.21. The number of carbonyl (C=O) groups is 1. The molecule has 7 heteroatoms. The Morgan fingerprint density at radius 2 is 2.28 bits per heavy atom. The summed E-state index contributed by atoms with van der Waals surface area (Å²) in [6.07, 6.45) is 4.78. The molecule has 4 heterocycles. The Labute approximate surface area is 145 Å². The van der Waals surface area contributed by atoms with Gasteiger partial charge in [-0.3, -0.25) is 14.7 Å². The summed E-state index contributed by atoms with van der Waals surface area (Å²) in [5.74, 6) is 0.515. The van der Waals surface area contributed by atoms with Gasteiger partial charge in [0.1, 0.15) is 11.5 Å². The molecule has 0 unspecified atom stereocenters. The number of hydrogen-bond acceptors (Lipinski definition) is 6. The average Bonchev–Trinajstić information content (AvgIpc) is 3.37. The van der Waals surface area contributed by atoms with E-state index in [2.05, 4.69) is 20.4 Å². The van der Waals surface area contributed by atoms with Crippen molar-refractivity contribution in [3.8, 4) is 0 Å². The molecule has 2 aliphatic rings. The number of oxime groups is 1. The Bertz CT molecular complexity index is 760. The number of carbonyl (C=O) groups excluding carboxylic acids is 1. The van der Waals surface area contributed by atoms with Crippen LogP contribution >= 0.6 is 0 Å². The van der Waals surface area contributed by atoms with E-state index in [0.717, 1.165) is 31.7 Å².